The number of carbonyl (C=O) groups excluding carboxylic acids is 2. The first-order valence-electron chi connectivity index (χ1n) is 7.69. The van der Waals surface area contributed by atoms with E-state index in [1.165, 1.54) is 42.3 Å². The highest BCUT2D eigenvalue weighted by atomic mass is 35.5. The number of nitrogens with zero attached hydrogens (tertiary/aromatic N) is 1. The number of likely N-dealkylation sites (N-methyl/N-ethyl adjacent to an activating group) is 1. The van der Waals surface area contributed by atoms with Crippen molar-refractivity contribution in [2.75, 3.05) is 20.4 Å². The van der Waals surface area contributed by atoms with Crippen molar-refractivity contribution in [2.45, 2.75) is 6.54 Å². The third-order valence-electron chi connectivity index (χ3n) is 3.82. The molecular formula is C18H15ClFNO5. The lowest BCUT2D eigenvalue weighted by atomic mass is 10.2. The van der Waals surface area contributed by atoms with E-state index in [-0.39, 0.29) is 29.5 Å². The molecule has 26 heavy (non-hydrogen) atoms. The van der Waals surface area contributed by atoms with Crippen molar-refractivity contribution in [3.63, 3.8) is 0 Å². The molecule has 0 aromatic heterocycles. The van der Waals surface area contributed by atoms with Gasteiger partial charge in [-0.1, -0.05) is 17.7 Å². The van der Waals surface area contributed by atoms with E-state index in [1.54, 1.807) is 6.07 Å². The van der Waals surface area contributed by atoms with Crippen LogP contribution in [-0.4, -0.2) is 37.2 Å². The summed E-state index contributed by atoms with van der Waals surface area (Å²) in [5.41, 5.74) is 0.439. The summed E-state index contributed by atoms with van der Waals surface area (Å²) in [5.74, 6) is -0.682. The lowest BCUT2D eigenvalue weighted by Gasteiger charge is -2.18. The third kappa shape index (κ3) is 3.88. The van der Waals surface area contributed by atoms with E-state index in [1.807, 2.05) is 0 Å². The third-order valence-corrected chi connectivity index (χ3v) is 4.17. The summed E-state index contributed by atoms with van der Waals surface area (Å²) < 4.78 is 29.2. The van der Waals surface area contributed by atoms with Gasteiger partial charge in [-0.15, -0.1) is 0 Å². The van der Waals surface area contributed by atoms with Crippen LogP contribution in [0.2, 0.25) is 5.02 Å². The van der Waals surface area contributed by atoms with E-state index < -0.39 is 24.3 Å². The Kier molecular flexibility index (Phi) is 5.27. The normalized spacial score (nSPS) is 12.0. The Hall–Kier alpha value is -2.80. The molecule has 0 saturated carbocycles. The highest BCUT2D eigenvalue weighted by Crippen LogP contribution is 2.32. The maximum Gasteiger partial charge on any atom is 0.338 e. The van der Waals surface area contributed by atoms with Gasteiger partial charge in [0.15, 0.2) is 18.1 Å². The maximum atomic E-state index is 13.8. The number of hydrogen-bond acceptors (Lipinski definition) is 5. The predicted octanol–water partition coefficient (Wildman–Crippen LogP) is 3.02. The summed E-state index contributed by atoms with van der Waals surface area (Å²) in [7, 11) is 1.47. The standard InChI is InChI=1S/C18H15ClFNO5/c1-21(8-12-13(19)3-2-4-14(12)20)17(22)9-24-18(23)11-5-6-15-16(7-11)26-10-25-15/h2-7H,8-10H2,1H3. The van der Waals surface area contributed by atoms with Gasteiger partial charge in [0.1, 0.15) is 5.82 Å². The van der Waals surface area contributed by atoms with Crippen LogP contribution in [0.3, 0.4) is 0 Å². The zero-order valence-corrected chi connectivity index (χ0v) is 14.6. The molecule has 0 spiro atoms. The second-order valence-corrected chi connectivity index (χ2v) is 6.00. The molecule has 1 heterocycles. The van der Waals surface area contributed by atoms with Crippen LogP contribution >= 0.6 is 11.6 Å². The molecule has 2 aromatic carbocycles. The molecule has 2 aromatic rings. The van der Waals surface area contributed by atoms with Crippen molar-refractivity contribution in [1.29, 1.82) is 0 Å². The van der Waals surface area contributed by atoms with Crippen molar-refractivity contribution >= 4 is 23.5 Å². The Morgan fingerprint density at radius 1 is 1.23 bits per heavy atom. The number of benzene rings is 2. The molecule has 0 aliphatic carbocycles. The van der Waals surface area contributed by atoms with Gasteiger partial charge in [-0.3, -0.25) is 4.79 Å². The maximum absolute atomic E-state index is 13.8. The molecule has 0 fully saturated rings. The average molecular weight is 380 g/mol. The minimum Gasteiger partial charge on any atom is -0.454 e. The summed E-state index contributed by atoms with van der Waals surface area (Å²) in [6.07, 6.45) is 0. The zero-order chi connectivity index (χ0) is 18.7. The molecule has 8 heteroatoms. The van der Waals surface area contributed by atoms with Crippen LogP contribution in [0.15, 0.2) is 36.4 Å². The van der Waals surface area contributed by atoms with Crippen molar-refractivity contribution in [3.05, 3.63) is 58.4 Å². The smallest absolute Gasteiger partial charge is 0.338 e. The molecule has 0 bridgehead atoms. The molecule has 0 radical (unpaired) electrons. The van der Waals surface area contributed by atoms with Crippen LogP contribution in [0.25, 0.3) is 0 Å². The Labute approximate surface area is 154 Å². The lowest BCUT2D eigenvalue weighted by molar-refractivity contribution is -0.133. The van der Waals surface area contributed by atoms with Crippen LogP contribution in [0, 0.1) is 5.82 Å². The summed E-state index contributed by atoms with van der Waals surface area (Å²) in [6, 6.07) is 8.88. The van der Waals surface area contributed by atoms with Gasteiger partial charge in [-0.25, -0.2) is 9.18 Å². The number of carbonyl (C=O) groups is 2. The fourth-order valence-electron chi connectivity index (χ4n) is 2.35. The van der Waals surface area contributed by atoms with Crippen molar-refractivity contribution in [1.82, 2.24) is 4.90 Å². The van der Waals surface area contributed by atoms with Gasteiger partial charge >= 0.3 is 5.97 Å². The molecule has 6 nitrogen and oxygen atoms in total. The molecule has 3 rings (SSSR count). The van der Waals surface area contributed by atoms with Crippen LogP contribution in [0.1, 0.15) is 15.9 Å². The number of rotatable bonds is 5. The number of halogens is 2. The Balaban J connectivity index is 1.57. The van der Waals surface area contributed by atoms with Crippen LogP contribution in [0.4, 0.5) is 4.39 Å². The molecule has 1 aliphatic heterocycles. The Bertz CT molecular complexity index is 837. The topological polar surface area (TPSA) is 65.1 Å². The van der Waals surface area contributed by atoms with Gasteiger partial charge in [-0.05, 0) is 30.3 Å². The fourth-order valence-corrected chi connectivity index (χ4v) is 2.58. The SMILES string of the molecule is CN(Cc1c(F)cccc1Cl)C(=O)COC(=O)c1ccc2c(c1)OCO2. The average Bonchev–Trinajstić information content (AvgIpc) is 3.10. The van der Waals surface area contributed by atoms with E-state index in [0.29, 0.717) is 11.5 Å². The van der Waals surface area contributed by atoms with Crippen LogP contribution < -0.4 is 9.47 Å². The fraction of sp³-hybridized carbons (Fsp3) is 0.222. The van der Waals surface area contributed by atoms with Crippen molar-refractivity contribution in [3.8, 4) is 11.5 Å². The highest BCUT2D eigenvalue weighted by Gasteiger charge is 2.19. The quantitative estimate of drug-likeness (QED) is 0.747. The Morgan fingerprint density at radius 2 is 2.00 bits per heavy atom. The van der Waals surface area contributed by atoms with Gasteiger partial charge in [0.25, 0.3) is 5.91 Å². The molecule has 0 N–H and O–H groups in total. The molecule has 136 valence electrons. The minimum absolute atomic E-state index is 0.0358. The van der Waals surface area contributed by atoms with Gasteiger partial charge in [0.05, 0.1) is 5.56 Å². The van der Waals surface area contributed by atoms with Crippen LogP contribution in [-0.2, 0) is 16.1 Å². The summed E-state index contributed by atoms with van der Waals surface area (Å²) >= 11 is 5.95. The first-order chi connectivity index (χ1) is 12.5. The predicted molar refractivity (Wildman–Crippen MR) is 90.7 cm³/mol. The molecule has 0 atom stereocenters. The summed E-state index contributed by atoms with van der Waals surface area (Å²) in [6.45, 7) is -0.419. The van der Waals surface area contributed by atoms with E-state index in [9.17, 15) is 14.0 Å². The number of hydrogen-bond donors (Lipinski definition) is 0. The lowest BCUT2D eigenvalue weighted by Crippen LogP contribution is -2.31. The number of ether oxygens (including phenoxy) is 3. The second kappa shape index (κ2) is 7.61. The molecular weight excluding hydrogens is 365 g/mol. The largest absolute Gasteiger partial charge is 0.454 e. The Morgan fingerprint density at radius 3 is 2.77 bits per heavy atom. The zero-order valence-electron chi connectivity index (χ0n) is 13.8. The number of esters is 1. The summed E-state index contributed by atoms with van der Waals surface area (Å²) in [4.78, 5) is 25.4. The van der Waals surface area contributed by atoms with Gasteiger partial charge in [0.2, 0.25) is 6.79 Å². The van der Waals surface area contributed by atoms with Crippen molar-refractivity contribution < 1.29 is 28.2 Å². The van der Waals surface area contributed by atoms with E-state index in [4.69, 9.17) is 25.8 Å². The molecule has 0 saturated heterocycles. The first kappa shape index (κ1) is 18.0. The number of fused-ring (bicyclic) bond motifs is 1. The number of amides is 1. The monoisotopic (exact) mass is 379 g/mol. The molecule has 1 aliphatic rings. The molecule has 0 unspecified atom stereocenters. The van der Waals surface area contributed by atoms with Gasteiger partial charge < -0.3 is 19.1 Å². The second-order valence-electron chi connectivity index (χ2n) is 5.59. The van der Waals surface area contributed by atoms with Crippen LogP contribution in [0.5, 0.6) is 11.5 Å². The van der Waals surface area contributed by atoms with Gasteiger partial charge in [0, 0.05) is 24.2 Å². The van der Waals surface area contributed by atoms with E-state index >= 15 is 0 Å². The van der Waals surface area contributed by atoms with Crippen molar-refractivity contribution in [2.24, 2.45) is 0 Å². The molecule has 1 amide bonds. The highest BCUT2D eigenvalue weighted by molar-refractivity contribution is 6.31. The minimum atomic E-state index is -0.672. The van der Waals surface area contributed by atoms with E-state index in [2.05, 4.69) is 0 Å². The summed E-state index contributed by atoms with van der Waals surface area (Å²) in [5, 5.41) is 0.224. The van der Waals surface area contributed by atoms with E-state index in [0.717, 1.165) is 0 Å². The van der Waals surface area contributed by atoms with Gasteiger partial charge in [-0.2, -0.15) is 0 Å². The first-order valence-corrected chi connectivity index (χ1v) is 8.07.